The molecule has 6 rings (SSSR count). The average Bonchev–Trinajstić information content (AvgIpc) is 3.57. The number of likely N-dealkylation sites (tertiary alicyclic amines) is 1. The second-order valence-electron chi connectivity index (χ2n) is 10.9. The number of benzene rings is 3. The molecular weight excluding hydrogens is 464 g/mol. The van der Waals surface area contributed by atoms with E-state index in [-0.39, 0.29) is 0 Å². The van der Waals surface area contributed by atoms with Crippen molar-refractivity contribution in [1.29, 1.82) is 0 Å². The molecule has 3 aromatic carbocycles. The van der Waals surface area contributed by atoms with Gasteiger partial charge < -0.3 is 0 Å². The highest BCUT2D eigenvalue weighted by molar-refractivity contribution is 7.92. The summed E-state index contributed by atoms with van der Waals surface area (Å²) in [7, 11) is -3.49. The zero-order valence-corrected chi connectivity index (χ0v) is 21.7. The third-order valence-electron chi connectivity index (χ3n) is 8.54. The molecule has 2 heterocycles. The molecule has 0 amide bonds. The first-order valence-electron chi connectivity index (χ1n) is 13.5. The Bertz CT molecular complexity index is 1280. The fourth-order valence-electron chi connectivity index (χ4n) is 6.29. The number of hydrogen-bond donors (Lipinski definition) is 0. The molecule has 0 spiro atoms. The van der Waals surface area contributed by atoms with Gasteiger partial charge in [-0.3, -0.25) is 9.21 Å². The number of hydrogen-bond acceptors (Lipinski definition) is 3. The van der Waals surface area contributed by atoms with Gasteiger partial charge in [-0.1, -0.05) is 67.1 Å². The van der Waals surface area contributed by atoms with Gasteiger partial charge in [0.05, 0.1) is 10.6 Å². The van der Waals surface area contributed by atoms with Gasteiger partial charge in [-0.25, -0.2) is 8.42 Å². The molecule has 2 aliphatic heterocycles. The highest BCUT2D eigenvalue weighted by Gasteiger charge is 2.39. The van der Waals surface area contributed by atoms with Gasteiger partial charge in [0.1, 0.15) is 0 Å². The number of sulfonamides is 1. The van der Waals surface area contributed by atoms with Crippen molar-refractivity contribution in [3.8, 4) is 0 Å². The smallest absolute Gasteiger partial charge is 0.264 e. The fourth-order valence-corrected chi connectivity index (χ4v) is 7.82. The van der Waals surface area contributed by atoms with Crippen molar-refractivity contribution in [2.75, 3.05) is 23.9 Å². The number of nitrogens with zero attached hydrogens (tertiary/aromatic N) is 2. The normalized spacial score (nSPS) is 22.5. The number of rotatable bonds is 8. The summed E-state index contributed by atoms with van der Waals surface area (Å²) in [5.41, 5.74) is 4.88. The van der Waals surface area contributed by atoms with Crippen molar-refractivity contribution in [1.82, 2.24) is 4.90 Å². The van der Waals surface area contributed by atoms with E-state index in [9.17, 15) is 8.42 Å². The maximum atomic E-state index is 13.2. The highest BCUT2D eigenvalue weighted by Crippen LogP contribution is 2.52. The van der Waals surface area contributed by atoms with Crippen LogP contribution in [0.15, 0.2) is 83.8 Å². The van der Waals surface area contributed by atoms with E-state index < -0.39 is 10.0 Å². The van der Waals surface area contributed by atoms with Crippen LogP contribution in [0.25, 0.3) is 0 Å². The van der Waals surface area contributed by atoms with E-state index in [0.29, 0.717) is 17.4 Å². The summed E-state index contributed by atoms with van der Waals surface area (Å²) in [6.07, 6.45) is 7.43. The molecule has 5 heteroatoms. The molecule has 0 aromatic heterocycles. The van der Waals surface area contributed by atoms with Crippen molar-refractivity contribution in [3.05, 3.63) is 95.6 Å². The Kier molecular flexibility index (Phi) is 6.61. The predicted octanol–water partition coefficient (Wildman–Crippen LogP) is 6.23. The van der Waals surface area contributed by atoms with E-state index in [4.69, 9.17) is 0 Å². The molecule has 2 unspecified atom stereocenters. The Morgan fingerprint density at radius 1 is 0.806 bits per heavy atom. The minimum atomic E-state index is -3.49. The van der Waals surface area contributed by atoms with Crippen molar-refractivity contribution in [2.24, 2.45) is 11.8 Å². The fraction of sp³-hybridized carbons (Fsp3) is 0.419. The summed E-state index contributed by atoms with van der Waals surface area (Å²) < 4.78 is 27.9. The maximum Gasteiger partial charge on any atom is 0.264 e. The van der Waals surface area contributed by atoms with Crippen molar-refractivity contribution in [3.63, 3.8) is 0 Å². The van der Waals surface area contributed by atoms with E-state index in [1.54, 1.807) is 28.6 Å². The summed E-state index contributed by atoms with van der Waals surface area (Å²) in [6.45, 7) is 4.06. The molecule has 188 valence electrons. The Hall–Kier alpha value is -2.63. The quantitative estimate of drug-likeness (QED) is 0.368. The number of piperidine rings is 1. The van der Waals surface area contributed by atoms with Crippen LogP contribution in [0.1, 0.15) is 54.7 Å². The summed E-state index contributed by atoms with van der Waals surface area (Å²) in [6, 6.07) is 26.2. The van der Waals surface area contributed by atoms with Gasteiger partial charge >= 0.3 is 0 Å². The molecule has 3 aliphatic rings. The molecule has 2 fully saturated rings. The lowest BCUT2D eigenvalue weighted by Gasteiger charge is -2.32. The van der Waals surface area contributed by atoms with Gasteiger partial charge in [0.2, 0.25) is 0 Å². The highest BCUT2D eigenvalue weighted by atomic mass is 32.2. The SMILES string of the molecule is O=S(=O)(c1ccccc1)N1CCc2cc(C3CC3CCC3CCN(Cc4ccccc4)CC3)ccc21. The first-order chi connectivity index (χ1) is 17.6. The molecular formula is C31H36N2O2S. The third-order valence-corrected chi connectivity index (χ3v) is 10.4. The molecule has 2 atom stereocenters. The van der Waals surface area contributed by atoms with Crippen LogP contribution in [0, 0.1) is 11.8 Å². The third kappa shape index (κ3) is 4.96. The maximum absolute atomic E-state index is 13.2. The van der Waals surface area contributed by atoms with Gasteiger partial charge in [-0.2, -0.15) is 0 Å². The van der Waals surface area contributed by atoms with Crippen LogP contribution >= 0.6 is 0 Å². The van der Waals surface area contributed by atoms with E-state index in [1.807, 2.05) is 6.07 Å². The molecule has 0 radical (unpaired) electrons. The van der Waals surface area contributed by atoms with Crippen LogP contribution < -0.4 is 4.31 Å². The largest absolute Gasteiger partial charge is 0.299 e. The molecule has 36 heavy (non-hydrogen) atoms. The first kappa shape index (κ1) is 23.7. The predicted molar refractivity (Wildman–Crippen MR) is 146 cm³/mol. The molecule has 0 N–H and O–H groups in total. The minimum Gasteiger partial charge on any atom is -0.299 e. The van der Waals surface area contributed by atoms with Gasteiger partial charge in [0.15, 0.2) is 0 Å². The summed E-state index contributed by atoms with van der Waals surface area (Å²) >= 11 is 0. The van der Waals surface area contributed by atoms with Crippen LogP contribution in [0.4, 0.5) is 5.69 Å². The molecule has 1 saturated carbocycles. The van der Waals surface area contributed by atoms with Crippen LogP contribution in [-0.2, 0) is 23.0 Å². The first-order valence-corrected chi connectivity index (χ1v) is 15.0. The standard InChI is InChI=1S/C31H36N2O2S/c34-36(35,29-9-5-2-6-10-29)33-20-17-28-21-26(13-14-31(28)33)30-22-27(30)12-11-24-15-18-32(19-16-24)23-25-7-3-1-4-8-25/h1-10,13-14,21,24,27,30H,11-12,15-20,22-23H2. The van der Waals surface area contributed by atoms with Crippen LogP contribution in [-0.4, -0.2) is 33.0 Å². The average molecular weight is 501 g/mol. The van der Waals surface area contributed by atoms with E-state index in [1.165, 1.54) is 61.9 Å². The van der Waals surface area contributed by atoms with Gasteiger partial charge in [-0.15, -0.1) is 0 Å². The summed E-state index contributed by atoms with van der Waals surface area (Å²) in [4.78, 5) is 2.98. The van der Waals surface area contributed by atoms with Gasteiger partial charge in [0, 0.05) is 13.1 Å². The second kappa shape index (κ2) is 10.0. The number of anilines is 1. The van der Waals surface area contributed by atoms with Crippen LogP contribution in [0.5, 0.6) is 0 Å². The van der Waals surface area contributed by atoms with Gasteiger partial charge in [0.25, 0.3) is 10.0 Å². The Morgan fingerprint density at radius 2 is 1.53 bits per heavy atom. The van der Waals surface area contributed by atoms with Crippen molar-refractivity contribution < 1.29 is 8.42 Å². The topological polar surface area (TPSA) is 40.6 Å². The second-order valence-corrected chi connectivity index (χ2v) is 12.8. The van der Waals surface area contributed by atoms with Crippen molar-refractivity contribution in [2.45, 2.75) is 55.9 Å². The zero-order chi connectivity index (χ0) is 24.5. The van der Waals surface area contributed by atoms with E-state index >= 15 is 0 Å². The number of fused-ring (bicyclic) bond motifs is 1. The summed E-state index contributed by atoms with van der Waals surface area (Å²) in [5.74, 6) is 2.33. The molecule has 0 bridgehead atoms. The van der Waals surface area contributed by atoms with E-state index in [0.717, 1.165) is 30.5 Å². The monoisotopic (exact) mass is 500 g/mol. The lowest BCUT2D eigenvalue weighted by Crippen LogP contribution is -2.33. The van der Waals surface area contributed by atoms with Crippen LogP contribution in [0.2, 0.25) is 0 Å². The summed E-state index contributed by atoms with van der Waals surface area (Å²) in [5, 5.41) is 0. The van der Waals surface area contributed by atoms with Gasteiger partial charge in [-0.05, 0) is 97.8 Å². The molecule has 3 aromatic rings. The Labute approximate surface area is 216 Å². The zero-order valence-electron chi connectivity index (χ0n) is 20.9. The minimum absolute atomic E-state index is 0.370. The van der Waals surface area contributed by atoms with E-state index in [2.05, 4.69) is 53.4 Å². The molecule has 4 nitrogen and oxygen atoms in total. The Morgan fingerprint density at radius 3 is 2.28 bits per heavy atom. The van der Waals surface area contributed by atoms with Crippen LogP contribution in [0.3, 0.4) is 0 Å². The molecule has 1 saturated heterocycles. The van der Waals surface area contributed by atoms with Crippen molar-refractivity contribution >= 4 is 15.7 Å². The Balaban J connectivity index is 1.00. The molecule has 1 aliphatic carbocycles. The lowest BCUT2D eigenvalue weighted by atomic mass is 9.90. The lowest BCUT2D eigenvalue weighted by molar-refractivity contribution is 0.170.